The molecule has 17 heteroatoms. The quantitative estimate of drug-likeness (QED) is 0.169. The summed E-state index contributed by atoms with van der Waals surface area (Å²) in [5.74, 6) is -2.60. The number of carbonyl (C=O) groups is 3. The van der Waals surface area contributed by atoms with Crippen LogP contribution in [0.2, 0.25) is 0 Å². The number of halogens is 1. The fourth-order valence-electron chi connectivity index (χ4n) is 13.1. The number of nitrogens with one attached hydrogen (secondary N) is 2. The van der Waals surface area contributed by atoms with E-state index in [0.29, 0.717) is 31.6 Å². The largest absolute Gasteiger partial charge is 1.00 e. The van der Waals surface area contributed by atoms with Crippen LogP contribution in [0.25, 0.3) is 21.7 Å². The van der Waals surface area contributed by atoms with Crippen LogP contribution in [0, 0.1) is 22.7 Å². The molecule has 0 spiro atoms. The number of nitrogens with zero attached hydrogens (tertiary/aromatic N) is 1. The summed E-state index contributed by atoms with van der Waals surface area (Å²) in [6, 6.07) is 17.5. The minimum Gasteiger partial charge on any atom is -0.550 e. The molecule has 1 aromatic heterocycles. The number of ketones is 2. The van der Waals surface area contributed by atoms with Gasteiger partial charge in [0, 0.05) is 45.7 Å². The Kier molecular flexibility index (Phi) is 16.4. The molecule has 3 heterocycles. The van der Waals surface area contributed by atoms with Crippen molar-refractivity contribution in [3.8, 4) is 5.75 Å². The number of benzene rings is 3. The van der Waals surface area contributed by atoms with Gasteiger partial charge in [-0.1, -0.05) is 55.8 Å². The van der Waals surface area contributed by atoms with Crippen LogP contribution in [0.15, 0.2) is 84.6 Å². The Bertz CT molecular complexity index is 2880. The molecule has 6 aliphatic rings. The molecule has 2 aliphatic heterocycles. The number of aliphatic hydroxyl groups is 2. The van der Waals surface area contributed by atoms with Crippen LogP contribution in [0.1, 0.15) is 102 Å². The summed E-state index contributed by atoms with van der Waals surface area (Å²) in [6.45, 7) is 10.3. The van der Waals surface area contributed by atoms with Gasteiger partial charge in [0.15, 0.2) is 28.6 Å². The number of aromatic amines is 1. The molecule has 9 atom stereocenters. The van der Waals surface area contributed by atoms with Crippen molar-refractivity contribution in [2.24, 2.45) is 22.7 Å². The van der Waals surface area contributed by atoms with E-state index in [-0.39, 0.29) is 53.4 Å². The number of aliphatic hydroxyl groups excluding tert-OH is 2. The first-order chi connectivity index (χ1) is 33.5. The molecule has 4 N–H and O–H groups in total. The van der Waals surface area contributed by atoms with Crippen LogP contribution in [0.5, 0.6) is 5.75 Å². The van der Waals surface area contributed by atoms with Crippen LogP contribution in [0.4, 0.5) is 4.39 Å². The van der Waals surface area contributed by atoms with Crippen LogP contribution in [0.3, 0.4) is 0 Å². The Morgan fingerprint density at radius 2 is 1.72 bits per heavy atom. The normalized spacial score (nSPS) is 31.0. The Hall–Kier alpha value is -3.81. The number of hydrogen-bond acceptors (Lipinski definition) is 12. The van der Waals surface area contributed by atoms with Crippen molar-refractivity contribution >= 4 is 49.2 Å². The molecule has 10 rings (SSSR count). The number of carboxylic acids is 1. The van der Waals surface area contributed by atoms with E-state index in [4.69, 9.17) is 14.2 Å². The van der Waals surface area contributed by atoms with E-state index in [1.54, 1.807) is 40.9 Å². The van der Waals surface area contributed by atoms with Gasteiger partial charge in [-0.05, 0) is 169 Å². The second kappa shape index (κ2) is 21.1. The number of hydrogen-bond donors (Lipinski definition) is 4. The van der Waals surface area contributed by atoms with Gasteiger partial charge >= 0.3 is 29.6 Å². The van der Waals surface area contributed by atoms with Gasteiger partial charge in [0.2, 0.25) is 10.0 Å². The van der Waals surface area contributed by atoms with Crippen LogP contribution < -0.4 is 44.1 Å². The van der Waals surface area contributed by atoms with E-state index >= 15 is 4.39 Å². The Balaban J connectivity index is 0.000000165. The van der Waals surface area contributed by atoms with Crippen molar-refractivity contribution in [2.45, 2.75) is 121 Å². The van der Waals surface area contributed by atoms with E-state index in [1.807, 2.05) is 49.4 Å². The summed E-state index contributed by atoms with van der Waals surface area (Å²) >= 11 is 0. The van der Waals surface area contributed by atoms with E-state index in [9.17, 15) is 38.1 Å². The van der Waals surface area contributed by atoms with Crippen molar-refractivity contribution in [2.75, 3.05) is 46.7 Å². The van der Waals surface area contributed by atoms with Gasteiger partial charge in [-0.3, -0.25) is 9.59 Å². The number of aromatic nitrogens is 1. The molecular formula is C55H69FN3NaO11S. The minimum absolute atomic E-state index is 0. The summed E-state index contributed by atoms with van der Waals surface area (Å²) in [5, 5.41) is 35.3. The number of aliphatic carboxylic acids is 1. The average molecular weight is 1020 g/mol. The van der Waals surface area contributed by atoms with Crippen LogP contribution in [-0.4, -0.2) is 122 Å². The fourth-order valence-corrected chi connectivity index (χ4v) is 13.8. The number of rotatable bonds is 10. The molecule has 2 saturated heterocycles. The summed E-state index contributed by atoms with van der Waals surface area (Å²) < 4.78 is 60.2. The van der Waals surface area contributed by atoms with E-state index in [0.717, 1.165) is 51.8 Å². The molecule has 384 valence electrons. The monoisotopic (exact) mass is 1020 g/mol. The Morgan fingerprint density at radius 3 is 2.39 bits per heavy atom. The molecule has 0 radical (unpaired) electrons. The molecule has 3 saturated carbocycles. The standard InChI is InChI=1S/C24H31FO6.C17H25N3O2S.C14H14O3.Na/c1-20(2)30-19-10-16-15-6-5-13-9-14(27)7-8-21(13,3)23(15,25)17(28)11-22(16,4)24(19,31-20)18(29)12-26;1-18-23(21,22)10-7-13-3-4-17-15(11-13)16(12-19-17)14-5-8-20(2)9-6-14;1-9(14(15)16)10-3-4-12-8-13(17-2)6-5-11(12)7-10;/h7-9,15-17,19,26,28H,5-6,10-12H2,1-4H3;3-4,11-12,14,18-19H,5-10H2,1-2H3;3-9H,1-2H3,(H,15,16);/q;;;+1/p-1/t15-,16-,17-,19+,21-,22-,23-,24+;;9-;/m0.0./s1. The number of methoxy groups -OCH3 is 1. The third-order valence-electron chi connectivity index (χ3n) is 17.0. The molecule has 4 aliphatic carbocycles. The number of likely N-dealkylation sites (tertiary alicyclic amines) is 1. The fraction of sp³-hybridized carbons (Fsp3) is 0.545. The predicted molar refractivity (Wildman–Crippen MR) is 267 cm³/mol. The molecule has 0 bridgehead atoms. The number of carbonyl (C=O) groups excluding carboxylic acids is 3. The molecule has 0 unspecified atom stereocenters. The molecule has 5 fully saturated rings. The summed E-state index contributed by atoms with van der Waals surface area (Å²) in [7, 11) is 2.09. The number of allylic oxidation sites excluding steroid dienone is 4. The van der Waals surface area contributed by atoms with E-state index in [1.165, 1.54) is 43.0 Å². The Labute approximate surface area is 444 Å². The maximum Gasteiger partial charge on any atom is 1.00 e. The second-order valence-corrected chi connectivity index (χ2v) is 23.5. The molecule has 3 aromatic carbocycles. The molecular weight excluding hydrogens is 953 g/mol. The molecule has 0 amide bonds. The van der Waals surface area contributed by atoms with Crippen LogP contribution in [-0.2, 0) is 40.3 Å². The SMILES string of the molecule is CC1(C)O[C@@H]2C[C@H]3[C@@H]4CCC5=CC(=O)C=C[C@]5(C)[C@@]4(F)[C@@H](O)C[C@]3(C)[C@]2(C(=O)CO)O1.CNS(=O)(=O)CCc1ccc2[nH]cc(C3CCN(C)CC3)c2c1.COc1ccc2cc([C@H](C)C(=O)[O-])ccc2c1.[Na+]. The van der Waals surface area contributed by atoms with Gasteiger partial charge in [0.25, 0.3) is 0 Å². The third-order valence-corrected chi connectivity index (χ3v) is 18.4. The first kappa shape index (κ1) is 55.9. The molecule has 14 nitrogen and oxygen atoms in total. The number of H-pyrrole nitrogens is 1. The number of carboxylic acid groups (broad SMARTS) is 1. The zero-order valence-electron chi connectivity index (χ0n) is 43.0. The number of sulfonamides is 1. The van der Waals surface area contributed by atoms with E-state index < -0.39 is 80.3 Å². The number of Topliss-reactive ketones (excluding diaryl/α,β-unsaturated/α-hetero) is 1. The van der Waals surface area contributed by atoms with Gasteiger partial charge in [0.1, 0.15) is 12.4 Å². The van der Waals surface area contributed by atoms with Crippen molar-refractivity contribution in [1.29, 1.82) is 0 Å². The summed E-state index contributed by atoms with van der Waals surface area (Å²) in [6.07, 6.45) is 9.04. The maximum absolute atomic E-state index is 17.1. The summed E-state index contributed by atoms with van der Waals surface area (Å²) in [5.41, 5.74) is -0.314. The first-order valence-electron chi connectivity index (χ1n) is 24.8. The smallest absolute Gasteiger partial charge is 0.550 e. The zero-order valence-corrected chi connectivity index (χ0v) is 45.9. The number of fused-ring (bicyclic) bond motifs is 9. The van der Waals surface area contributed by atoms with Crippen molar-refractivity contribution < 1.29 is 86.3 Å². The predicted octanol–water partition coefficient (Wildman–Crippen LogP) is 3.19. The Morgan fingerprint density at radius 1 is 1.03 bits per heavy atom. The number of alkyl halides is 1. The van der Waals surface area contributed by atoms with Gasteiger partial charge in [-0.25, -0.2) is 17.5 Å². The third kappa shape index (κ3) is 9.94. The van der Waals surface area contributed by atoms with Gasteiger partial charge in [-0.15, -0.1) is 0 Å². The number of ether oxygens (including phenoxy) is 3. The van der Waals surface area contributed by atoms with Gasteiger partial charge in [0.05, 0.1) is 25.1 Å². The zero-order chi connectivity index (χ0) is 51.5. The van der Waals surface area contributed by atoms with Gasteiger partial charge in [-0.2, -0.15) is 0 Å². The topological polar surface area (TPSA) is 208 Å². The number of piperidine rings is 1. The number of aryl methyl sites for hydroxylation is 1. The minimum atomic E-state index is -3.16. The molecule has 72 heavy (non-hydrogen) atoms. The summed E-state index contributed by atoms with van der Waals surface area (Å²) in [4.78, 5) is 41.6. The van der Waals surface area contributed by atoms with Gasteiger partial charge < -0.3 is 44.2 Å². The van der Waals surface area contributed by atoms with Crippen molar-refractivity contribution in [3.63, 3.8) is 0 Å². The maximum atomic E-state index is 17.1. The second-order valence-electron chi connectivity index (χ2n) is 21.4. The van der Waals surface area contributed by atoms with E-state index in [2.05, 4.69) is 40.0 Å². The van der Waals surface area contributed by atoms with Crippen molar-refractivity contribution in [1.82, 2.24) is 14.6 Å². The first-order valence-corrected chi connectivity index (χ1v) is 26.4. The molecule has 4 aromatic rings. The van der Waals surface area contributed by atoms with Crippen molar-refractivity contribution in [3.05, 3.63) is 101 Å². The van der Waals surface area contributed by atoms with Crippen LogP contribution >= 0.6 is 0 Å². The average Bonchev–Trinajstić information content (AvgIpc) is 3.97.